The summed E-state index contributed by atoms with van der Waals surface area (Å²) in [6.07, 6.45) is 0.980. The van der Waals surface area contributed by atoms with E-state index in [1.807, 2.05) is 66.7 Å². The van der Waals surface area contributed by atoms with E-state index in [0.717, 1.165) is 27.0 Å². The molecule has 0 saturated carbocycles. The van der Waals surface area contributed by atoms with E-state index in [9.17, 15) is 9.59 Å². The molecule has 0 saturated heterocycles. The fraction of sp³-hybridized carbons (Fsp3) is 0.200. The summed E-state index contributed by atoms with van der Waals surface area (Å²) in [6.45, 7) is 0. The SMILES string of the molecule is COc1cc(C(=O)N2c3ccccc3NC3=C(C(=O)C[C@@H](c4ccccc4)C3)[C@H]2c2cccc(Br)c2)cc(OC)c1OC. The molecule has 0 fully saturated rings. The number of ether oxygens (including phenoxy) is 3. The lowest BCUT2D eigenvalue weighted by Crippen LogP contribution is -2.38. The summed E-state index contributed by atoms with van der Waals surface area (Å²) in [6, 6.07) is 28.2. The number of hydrogen-bond donors (Lipinski definition) is 1. The van der Waals surface area contributed by atoms with Crippen LogP contribution in [0, 0.1) is 0 Å². The number of ketones is 1. The van der Waals surface area contributed by atoms with Gasteiger partial charge in [0, 0.05) is 27.7 Å². The highest BCUT2D eigenvalue weighted by atomic mass is 79.9. The van der Waals surface area contributed by atoms with Crippen LogP contribution in [0.15, 0.2) is 107 Å². The zero-order valence-electron chi connectivity index (χ0n) is 24.1. The van der Waals surface area contributed by atoms with Crippen molar-refractivity contribution in [3.63, 3.8) is 0 Å². The summed E-state index contributed by atoms with van der Waals surface area (Å²) in [5.74, 6) is 0.831. The molecule has 0 bridgehead atoms. The van der Waals surface area contributed by atoms with Crippen LogP contribution in [-0.2, 0) is 4.79 Å². The highest BCUT2D eigenvalue weighted by Gasteiger charge is 2.42. The van der Waals surface area contributed by atoms with E-state index < -0.39 is 6.04 Å². The summed E-state index contributed by atoms with van der Waals surface area (Å²) < 4.78 is 17.5. The molecule has 1 heterocycles. The first-order chi connectivity index (χ1) is 20.9. The average molecular weight is 640 g/mol. The quantitative estimate of drug-likeness (QED) is 0.233. The minimum atomic E-state index is -0.695. The molecule has 0 aromatic heterocycles. The Bertz CT molecular complexity index is 1710. The van der Waals surface area contributed by atoms with Gasteiger partial charge in [-0.05, 0) is 59.9 Å². The number of benzene rings is 4. The van der Waals surface area contributed by atoms with Crippen molar-refractivity contribution < 1.29 is 23.8 Å². The first kappa shape index (κ1) is 28.6. The zero-order valence-corrected chi connectivity index (χ0v) is 25.7. The molecule has 1 amide bonds. The van der Waals surface area contributed by atoms with Gasteiger partial charge in [-0.2, -0.15) is 0 Å². The van der Waals surface area contributed by atoms with Crippen LogP contribution in [0.25, 0.3) is 0 Å². The predicted molar refractivity (Wildman–Crippen MR) is 170 cm³/mol. The second-order valence-electron chi connectivity index (χ2n) is 10.5. The maximum atomic E-state index is 14.8. The van der Waals surface area contributed by atoms with Gasteiger partial charge in [-0.3, -0.25) is 14.5 Å². The third-order valence-electron chi connectivity index (χ3n) is 8.05. The lowest BCUT2D eigenvalue weighted by Gasteiger charge is -2.35. The molecule has 1 N–H and O–H groups in total. The molecule has 0 unspecified atom stereocenters. The number of nitrogens with one attached hydrogen (secondary N) is 1. The first-order valence-corrected chi connectivity index (χ1v) is 14.8. The lowest BCUT2D eigenvalue weighted by molar-refractivity contribution is -0.116. The number of hydrogen-bond acceptors (Lipinski definition) is 6. The third-order valence-corrected chi connectivity index (χ3v) is 8.55. The van der Waals surface area contributed by atoms with Gasteiger partial charge in [-0.15, -0.1) is 0 Å². The number of carbonyl (C=O) groups is 2. The maximum absolute atomic E-state index is 14.8. The molecule has 4 aromatic rings. The number of halogens is 1. The first-order valence-electron chi connectivity index (χ1n) is 14.0. The normalized spacial score (nSPS) is 17.8. The van der Waals surface area contributed by atoms with Crippen LogP contribution in [-0.4, -0.2) is 33.0 Å². The Hall–Kier alpha value is -4.56. The van der Waals surface area contributed by atoms with Crippen molar-refractivity contribution in [2.24, 2.45) is 0 Å². The van der Waals surface area contributed by atoms with Crippen LogP contribution in [0.1, 0.15) is 46.3 Å². The van der Waals surface area contributed by atoms with E-state index in [1.54, 1.807) is 17.0 Å². The molecule has 2 aliphatic rings. The number of allylic oxidation sites excluding steroid dienone is 1. The molecule has 7 nitrogen and oxygen atoms in total. The van der Waals surface area contributed by atoms with Crippen molar-refractivity contribution in [2.75, 3.05) is 31.5 Å². The number of nitrogens with zero attached hydrogens (tertiary/aromatic N) is 1. The summed E-state index contributed by atoms with van der Waals surface area (Å²) in [5.41, 5.74) is 5.07. The van der Waals surface area contributed by atoms with Gasteiger partial charge in [0.1, 0.15) is 0 Å². The number of rotatable bonds is 6. The molecule has 0 radical (unpaired) electrons. The Morgan fingerprint density at radius 2 is 1.49 bits per heavy atom. The molecular weight excluding hydrogens is 608 g/mol. The number of carbonyl (C=O) groups excluding carboxylic acids is 2. The molecule has 1 aliphatic carbocycles. The van der Waals surface area contributed by atoms with Crippen LogP contribution in [0.4, 0.5) is 11.4 Å². The largest absolute Gasteiger partial charge is 0.493 e. The molecule has 0 spiro atoms. The Morgan fingerprint density at radius 1 is 0.814 bits per heavy atom. The molecule has 1 aliphatic heterocycles. The van der Waals surface area contributed by atoms with Gasteiger partial charge in [0.15, 0.2) is 17.3 Å². The number of para-hydroxylation sites is 2. The molecule has 4 aromatic carbocycles. The number of amides is 1. The summed E-state index contributed by atoms with van der Waals surface area (Å²) >= 11 is 3.61. The maximum Gasteiger partial charge on any atom is 0.259 e. The highest BCUT2D eigenvalue weighted by molar-refractivity contribution is 9.10. The molecule has 43 heavy (non-hydrogen) atoms. The third kappa shape index (κ3) is 5.27. The number of Topliss-reactive ketones (excluding diaryl/α,β-unsaturated/α-hetero) is 1. The zero-order chi connectivity index (χ0) is 30.1. The van der Waals surface area contributed by atoms with Crippen LogP contribution < -0.4 is 24.4 Å². The van der Waals surface area contributed by atoms with Gasteiger partial charge in [0.25, 0.3) is 5.91 Å². The summed E-state index contributed by atoms with van der Waals surface area (Å²) in [4.78, 5) is 30.8. The Kier molecular flexibility index (Phi) is 7.95. The summed E-state index contributed by atoms with van der Waals surface area (Å²) in [7, 11) is 4.55. The second-order valence-corrected chi connectivity index (χ2v) is 11.4. The lowest BCUT2D eigenvalue weighted by atomic mass is 9.78. The molecule has 218 valence electrons. The fourth-order valence-corrected chi connectivity index (χ4v) is 6.53. The Labute approximate surface area is 259 Å². The topological polar surface area (TPSA) is 77.1 Å². The Morgan fingerprint density at radius 3 is 2.16 bits per heavy atom. The van der Waals surface area contributed by atoms with Gasteiger partial charge in [0.05, 0.1) is 38.7 Å². The van der Waals surface area contributed by atoms with E-state index in [-0.39, 0.29) is 17.6 Å². The number of methoxy groups -OCH3 is 3. The molecular formula is C35H31BrN2O5. The van der Waals surface area contributed by atoms with Crippen molar-refractivity contribution >= 4 is 39.0 Å². The van der Waals surface area contributed by atoms with E-state index >= 15 is 0 Å². The van der Waals surface area contributed by atoms with Crippen molar-refractivity contribution in [1.29, 1.82) is 0 Å². The number of fused-ring (bicyclic) bond motifs is 1. The Balaban J connectivity index is 1.58. The van der Waals surface area contributed by atoms with Crippen molar-refractivity contribution in [1.82, 2.24) is 0 Å². The molecule has 8 heteroatoms. The van der Waals surface area contributed by atoms with E-state index in [1.165, 1.54) is 21.3 Å². The highest BCUT2D eigenvalue weighted by Crippen LogP contribution is 2.49. The van der Waals surface area contributed by atoms with Crippen LogP contribution in [0.2, 0.25) is 0 Å². The minimum Gasteiger partial charge on any atom is -0.493 e. The van der Waals surface area contributed by atoms with Gasteiger partial charge >= 0.3 is 0 Å². The molecule has 6 rings (SSSR count). The van der Waals surface area contributed by atoms with E-state index in [2.05, 4.69) is 33.4 Å². The monoisotopic (exact) mass is 638 g/mol. The average Bonchev–Trinajstić information content (AvgIpc) is 3.18. The minimum absolute atomic E-state index is 0.00285. The van der Waals surface area contributed by atoms with Gasteiger partial charge in [-0.25, -0.2) is 0 Å². The smallest absolute Gasteiger partial charge is 0.259 e. The van der Waals surface area contributed by atoms with Crippen molar-refractivity contribution in [2.45, 2.75) is 24.8 Å². The fourth-order valence-electron chi connectivity index (χ4n) is 6.11. The number of anilines is 2. The standard InChI is InChI=1S/C35H31BrN2O5/c1-41-30-19-24(20-31(42-2)34(30)43-3)35(40)38-28-15-8-7-14-26(28)37-27-17-23(21-10-5-4-6-11-21)18-29(39)32(27)33(38)22-12-9-13-25(36)16-22/h4-16,19-20,23,33,37H,17-18H2,1-3H3/t23-,33+/m0/s1. The predicted octanol–water partition coefficient (Wildman–Crippen LogP) is 7.69. The van der Waals surface area contributed by atoms with Crippen molar-refractivity contribution in [3.8, 4) is 17.2 Å². The van der Waals surface area contributed by atoms with Crippen molar-refractivity contribution in [3.05, 3.63) is 123 Å². The van der Waals surface area contributed by atoms with Crippen LogP contribution in [0.5, 0.6) is 17.2 Å². The van der Waals surface area contributed by atoms with Crippen LogP contribution >= 0.6 is 15.9 Å². The second kappa shape index (κ2) is 12.0. The van der Waals surface area contributed by atoms with Crippen LogP contribution in [0.3, 0.4) is 0 Å². The molecule has 2 atom stereocenters. The van der Waals surface area contributed by atoms with Gasteiger partial charge < -0.3 is 19.5 Å². The van der Waals surface area contributed by atoms with E-state index in [0.29, 0.717) is 46.9 Å². The van der Waals surface area contributed by atoms with E-state index in [4.69, 9.17) is 14.2 Å². The summed E-state index contributed by atoms with van der Waals surface area (Å²) in [5, 5.41) is 3.59. The van der Waals surface area contributed by atoms with Gasteiger partial charge in [0.2, 0.25) is 5.75 Å². The van der Waals surface area contributed by atoms with Gasteiger partial charge in [-0.1, -0.05) is 70.5 Å².